The fraction of sp³-hybridized carbons (Fsp3) is 0.429. The van der Waals surface area contributed by atoms with Crippen LogP contribution >= 0.6 is 0 Å². The molecule has 1 saturated carbocycles. The monoisotopic (exact) mass is 291 g/mol. The zero-order valence-electron chi connectivity index (χ0n) is 13.8. The lowest BCUT2D eigenvalue weighted by atomic mass is 9.56. The molecule has 2 aromatic carbocycles. The zero-order valence-corrected chi connectivity index (χ0v) is 13.8. The molecule has 1 aliphatic heterocycles. The Morgan fingerprint density at radius 3 is 2.36 bits per heavy atom. The number of para-hydroxylation sites is 1. The smallest absolute Gasteiger partial charge is 0.0720 e. The fourth-order valence-corrected chi connectivity index (χ4v) is 5.11. The second-order valence-electron chi connectivity index (χ2n) is 7.97. The lowest BCUT2D eigenvalue weighted by Gasteiger charge is -2.51. The minimum atomic E-state index is 0.0560. The van der Waals surface area contributed by atoms with Gasteiger partial charge in [0.25, 0.3) is 0 Å². The van der Waals surface area contributed by atoms with Crippen LogP contribution in [0.4, 0.5) is 5.69 Å². The molecular formula is C21H25N. The van der Waals surface area contributed by atoms with Gasteiger partial charge < -0.3 is 5.32 Å². The number of fused-ring (bicyclic) bond motifs is 3. The average molecular weight is 291 g/mol. The molecule has 114 valence electrons. The van der Waals surface area contributed by atoms with Crippen molar-refractivity contribution < 1.29 is 0 Å². The maximum Gasteiger partial charge on any atom is 0.0720 e. The minimum absolute atomic E-state index is 0.0560. The molecule has 1 fully saturated rings. The van der Waals surface area contributed by atoms with Crippen LogP contribution in [0.5, 0.6) is 0 Å². The predicted molar refractivity (Wildman–Crippen MR) is 93.1 cm³/mol. The summed E-state index contributed by atoms with van der Waals surface area (Å²) in [6.45, 7) is 7.29. The Morgan fingerprint density at radius 1 is 0.909 bits per heavy atom. The Labute approximate surface area is 133 Å². The van der Waals surface area contributed by atoms with Gasteiger partial charge in [-0.1, -0.05) is 69.3 Å². The van der Waals surface area contributed by atoms with Crippen molar-refractivity contribution in [2.24, 2.45) is 11.3 Å². The summed E-state index contributed by atoms with van der Waals surface area (Å²) in [7, 11) is 0. The zero-order chi connectivity index (χ0) is 15.4. The van der Waals surface area contributed by atoms with Crippen molar-refractivity contribution in [1.82, 2.24) is 0 Å². The minimum Gasteiger partial charge on any atom is -0.374 e. The molecule has 1 aliphatic carbocycles. The van der Waals surface area contributed by atoms with E-state index < -0.39 is 0 Å². The summed E-state index contributed by atoms with van der Waals surface area (Å²) in [5.74, 6) is 1.17. The Morgan fingerprint density at radius 2 is 1.59 bits per heavy atom. The maximum absolute atomic E-state index is 3.95. The third kappa shape index (κ3) is 1.84. The first-order valence-electron chi connectivity index (χ1n) is 8.46. The first-order chi connectivity index (χ1) is 10.5. The number of benzene rings is 2. The van der Waals surface area contributed by atoms with Crippen LogP contribution in [0.3, 0.4) is 0 Å². The second kappa shape index (κ2) is 4.62. The average Bonchev–Trinajstić information content (AvgIpc) is 2.83. The molecule has 2 aliphatic rings. The van der Waals surface area contributed by atoms with Gasteiger partial charge in [0.2, 0.25) is 0 Å². The lowest BCUT2D eigenvalue weighted by Crippen LogP contribution is -2.49. The first kappa shape index (κ1) is 13.9. The van der Waals surface area contributed by atoms with Gasteiger partial charge in [-0.2, -0.15) is 0 Å². The molecule has 0 bridgehead atoms. The van der Waals surface area contributed by atoms with E-state index in [2.05, 4.69) is 80.7 Å². The van der Waals surface area contributed by atoms with Gasteiger partial charge in [-0.15, -0.1) is 0 Å². The van der Waals surface area contributed by atoms with Crippen molar-refractivity contribution in [3.63, 3.8) is 0 Å². The van der Waals surface area contributed by atoms with Crippen LogP contribution < -0.4 is 5.32 Å². The Kier molecular flexibility index (Phi) is 2.91. The van der Waals surface area contributed by atoms with Crippen molar-refractivity contribution >= 4 is 5.69 Å². The SMILES string of the molecule is CC1CC(C)(C)CC2c3ccccc3N[C@@]12c1ccccc1. The van der Waals surface area contributed by atoms with E-state index in [9.17, 15) is 0 Å². The summed E-state index contributed by atoms with van der Waals surface area (Å²) < 4.78 is 0. The van der Waals surface area contributed by atoms with E-state index in [0.29, 0.717) is 17.3 Å². The summed E-state index contributed by atoms with van der Waals surface area (Å²) in [6, 6.07) is 20.0. The van der Waals surface area contributed by atoms with Crippen LogP contribution in [0.1, 0.15) is 50.7 Å². The highest BCUT2D eigenvalue weighted by molar-refractivity contribution is 5.64. The molecule has 0 aromatic heterocycles. The van der Waals surface area contributed by atoms with Crippen molar-refractivity contribution in [2.45, 2.75) is 45.1 Å². The highest BCUT2D eigenvalue weighted by Crippen LogP contribution is 2.61. The molecule has 1 nitrogen and oxygen atoms in total. The van der Waals surface area contributed by atoms with Crippen LogP contribution in [0.2, 0.25) is 0 Å². The van der Waals surface area contributed by atoms with Crippen molar-refractivity contribution in [3.05, 3.63) is 65.7 Å². The van der Waals surface area contributed by atoms with E-state index in [1.54, 1.807) is 0 Å². The summed E-state index contributed by atoms with van der Waals surface area (Å²) in [6.07, 6.45) is 2.51. The fourth-order valence-electron chi connectivity index (χ4n) is 5.11. The van der Waals surface area contributed by atoms with Crippen LogP contribution in [0, 0.1) is 11.3 Å². The maximum atomic E-state index is 3.95. The van der Waals surface area contributed by atoms with Gasteiger partial charge in [-0.25, -0.2) is 0 Å². The molecule has 0 saturated heterocycles. The molecule has 2 aromatic rings. The summed E-state index contributed by atoms with van der Waals surface area (Å²) in [5, 5.41) is 3.95. The molecule has 0 radical (unpaired) electrons. The largest absolute Gasteiger partial charge is 0.374 e. The molecule has 3 atom stereocenters. The van der Waals surface area contributed by atoms with Gasteiger partial charge >= 0.3 is 0 Å². The van der Waals surface area contributed by atoms with E-state index >= 15 is 0 Å². The van der Waals surface area contributed by atoms with Gasteiger partial charge in [0.1, 0.15) is 0 Å². The normalized spacial score (nSPS) is 32.0. The molecule has 4 rings (SSSR count). The van der Waals surface area contributed by atoms with Crippen LogP contribution in [0.25, 0.3) is 0 Å². The summed E-state index contributed by atoms with van der Waals surface area (Å²) >= 11 is 0. The number of hydrogen-bond donors (Lipinski definition) is 1. The molecule has 2 unspecified atom stereocenters. The van der Waals surface area contributed by atoms with E-state index in [1.165, 1.54) is 29.7 Å². The van der Waals surface area contributed by atoms with Crippen molar-refractivity contribution in [2.75, 3.05) is 5.32 Å². The Hall–Kier alpha value is -1.76. The number of anilines is 1. The highest BCUT2D eigenvalue weighted by Gasteiger charge is 2.55. The number of rotatable bonds is 1. The highest BCUT2D eigenvalue weighted by atomic mass is 15.0. The predicted octanol–water partition coefficient (Wildman–Crippen LogP) is 5.55. The Bertz CT molecular complexity index is 688. The van der Waals surface area contributed by atoms with Gasteiger partial charge in [0, 0.05) is 11.6 Å². The van der Waals surface area contributed by atoms with Crippen LogP contribution in [-0.2, 0) is 5.54 Å². The molecule has 1 heterocycles. The van der Waals surface area contributed by atoms with E-state index in [-0.39, 0.29) is 5.54 Å². The third-order valence-electron chi connectivity index (χ3n) is 5.87. The van der Waals surface area contributed by atoms with Crippen LogP contribution in [-0.4, -0.2) is 0 Å². The molecule has 0 spiro atoms. The molecule has 1 N–H and O–H groups in total. The third-order valence-corrected chi connectivity index (χ3v) is 5.87. The molecule has 0 amide bonds. The van der Waals surface area contributed by atoms with Gasteiger partial charge in [0.05, 0.1) is 5.54 Å². The molecule has 22 heavy (non-hydrogen) atoms. The van der Waals surface area contributed by atoms with Crippen molar-refractivity contribution in [3.8, 4) is 0 Å². The molecular weight excluding hydrogens is 266 g/mol. The lowest BCUT2D eigenvalue weighted by molar-refractivity contribution is 0.0964. The summed E-state index contributed by atoms with van der Waals surface area (Å²) in [5.41, 5.74) is 4.74. The van der Waals surface area contributed by atoms with Crippen LogP contribution in [0.15, 0.2) is 54.6 Å². The van der Waals surface area contributed by atoms with Gasteiger partial charge in [-0.05, 0) is 41.4 Å². The van der Waals surface area contributed by atoms with Crippen molar-refractivity contribution in [1.29, 1.82) is 0 Å². The molecule has 1 heteroatoms. The first-order valence-corrected chi connectivity index (χ1v) is 8.46. The summed E-state index contributed by atoms with van der Waals surface area (Å²) in [4.78, 5) is 0. The van der Waals surface area contributed by atoms with Gasteiger partial charge in [-0.3, -0.25) is 0 Å². The topological polar surface area (TPSA) is 12.0 Å². The number of hydrogen-bond acceptors (Lipinski definition) is 1. The van der Waals surface area contributed by atoms with E-state index in [4.69, 9.17) is 0 Å². The van der Waals surface area contributed by atoms with E-state index in [1.807, 2.05) is 0 Å². The Balaban J connectivity index is 1.92. The number of nitrogens with one attached hydrogen (secondary N) is 1. The second-order valence-corrected chi connectivity index (χ2v) is 7.97. The standard InChI is InChI=1S/C21H25N/c1-15-13-20(2,3)14-18-17-11-7-8-12-19(17)22-21(15,18)16-9-5-4-6-10-16/h4-12,15,18,22H,13-14H2,1-3H3/t15?,18?,21-/m1/s1. The van der Waals surface area contributed by atoms with E-state index in [0.717, 1.165) is 0 Å². The quantitative estimate of drug-likeness (QED) is 0.726. The van der Waals surface area contributed by atoms with Gasteiger partial charge in [0.15, 0.2) is 0 Å².